The van der Waals surface area contributed by atoms with Gasteiger partial charge in [0.05, 0.1) is 11.5 Å². The van der Waals surface area contributed by atoms with E-state index >= 15 is 0 Å². The second-order valence-corrected chi connectivity index (χ2v) is 7.27. The molecule has 0 radical (unpaired) electrons. The van der Waals surface area contributed by atoms with Crippen molar-refractivity contribution in [2.45, 2.75) is 59.4 Å². The molecule has 2 fully saturated rings. The molecule has 4 aliphatic rings. The Morgan fingerprint density at radius 2 is 2.19 bits per heavy atom. The van der Waals surface area contributed by atoms with E-state index in [-0.39, 0.29) is 23.3 Å². The maximum absolute atomic E-state index is 12.4. The highest BCUT2D eigenvalue weighted by Gasteiger charge is 2.71. The van der Waals surface area contributed by atoms with Crippen LogP contribution in [0.5, 0.6) is 0 Å². The van der Waals surface area contributed by atoms with Gasteiger partial charge in [0.1, 0.15) is 5.78 Å². The summed E-state index contributed by atoms with van der Waals surface area (Å²) in [6.45, 7) is 7.62. The van der Waals surface area contributed by atoms with Gasteiger partial charge >= 0.3 is 5.97 Å². The number of carbonyl (C=O) groups excluding carboxylic acids is 2. The lowest BCUT2D eigenvalue weighted by Gasteiger charge is -2.56. The Balaban J connectivity index is 1.86. The normalized spacial score (nSPS) is 39.8. The molecule has 21 heavy (non-hydrogen) atoms. The lowest BCUT2D eigenvalue weighted by atomic mass is 9.46. The third-order valence-corrected chi connectivity index (χ3v) is 5.33. The van der Waals surface area contributed by atoms with Gasteiger partial charge in [-0.3, -0.25) is 9.59 Å². The van der Waals surface area contributed by atoms with E-state index in [1.54, 1.807) is 0 Å². The van der Waals surface area contributed by atoms with E-state index in [0.29, 0.717) is 30.6 Å². The van der Waals surface area contributed by atoms with Crippen LogP contribution in [0, 0.1) is 23.2 Å². The molecule has 1 saturated carbocycles. The molecule has 1 aliphatic heterocycles. The summed E-state index contributed by atoms with van der Waals surface area (Å²) >= 11 is 0. The van der Waals surface area contributed by atoms with Gasteiger partial charge in [-0.25, -0.2) is 0 Å². The molecule has 4 rings (SSSR count). The molecule has 0 spiro atoms. The van der Waals surface area contributed by atoms with Gasteiger partial charge in [0.15, 0.2) is 0 Å². The van der Waals surface area contributed by atoms with Crippen molar-refractivity contribution in [3.05, 3.63) is 11.6 Å². The number of Topliss-reactive ketones (excluding diaryl/α,β-unsaturated/α-hetero) is 1. The van der Waals surface area contributed by atoms with Crippen molar-refractivity contribution in [1.82, 2.24) is 0 Å². The molecule has 0 N–H and O–H groups in total. The highest BCUT2D eigenvalue weighted by molar-refractivity contribution is 5.80. The first-order valence-electron chi connectivity index (χ1n) is 7.87. The lowest BCUT2D eigenvalue weighted by Crippen LogP contribution is -2.57. The van der Waals surface area contributed by atoms with Crippen molar-refractivity contribution in [2.24, 2.45) is 23.2 Å². The summed E-state index contributed by atoms with van der Waals surface area (Å²) in [7, 11) is 0. The first kappa shape index (κ1) is 14.8. The van der Waals surface area contributed by atoms with E-state index < -0.39 is 6.29 Å². The van der Waals surface area contributed by atoms with E-state index in [0.717, 1.165) is 6.42 Å². The van der Waals surface area contributed by atoms with Crippen molar-refractivity contribution < 1.29 is 19.1 Å². The highest BCUT2D eigenvalue weighted by atomic mass is 16.7. The van der Waals surface area contributed by atoms with Crippen LogP contribution in [0.3, 0.4) is 0 Å². The molecule has 0 aromatic carbocycles. The Labute approximate surface area is 125 Å². The zero-order valence-electron chi connectivity index (χ0n) is 13.2. The molecule has 4 bridgehead atoms. The fraction of sp³-hybridized carbons (Fsp3) is 0.765. The summed E-state index contributed by atoms with van der Waals surface area (Å²) in [4.78, 5) is 23.8. The molecular weight excluding hydrogens is 268 g/mol. The SMILES string of the molecule is CC(=O)O[C@H]1O[C@@H]2C=C(C)[C@H]3C[C@@H]2[C@@]13CC(=O)CC(C)C. The van der Waals surface area contributed by atoms with Gasteiger partial charge < -0.3 is 9.47 Å². The van der Waals surface area contributed by atoms with Crippen molar-refractivity contribution in [1.29, 1.82) is 0 Å². The topological polar surface area (TPSA) is 52.6 Å². The minimum absolute atomic E-state index is 0.00574. The molecular formula is C17H24O4. The van der Waals surface area contributed by atoms with Crippen molar-refractivity contribution in [2.75, 3.05) is 0 Å². The van der Waals surface area contributed by atoms with E-state index in [1.165, 1.54) is 12.5 Å². The Morgan fingerprint density at radius 1 is 1.48 bits per heavy atom. The second kappa shape index (κ2) is 4.94. The predicted molar refractivity (Wildman–Crippen MR) is 77.3 cm³/mol. The quantitative estimate of drug-likeness (QED) is 0.577. The molecule has 0 aromatic heterocycles. The Kier molecular flexibility index (Phi) is 3.47. The zero-order chi connectivity index (χ0) is 15.4. The number of hydrogen-bond acceptors (Lipinski definition) is 4. The first-order chi connectivity index (χ1) is 9.84. The smallest absolute Gasteiger partial charge is 0.304 e. The second-order valence-electron chi connectivity index (χ2n) is 7.27. The largest absolute Gasteiger partial charge is 0.435 e. The zero-order valence-corrected chi connectivity index (χ0v) is 13.2. The fourth-order valence-electron chi connectivity index (χ4n) is 4.57. The molecule has 4 nitrogen and oxygen atoms in total. The van der Waals surface area contributed by atoms with Crippen LogP contribution in [0.2, 0.25) is 0 Å². The molecule has 0 aromatic rings. The predicted octanol–water partition coefficient (Wildman–Crippen LogP) is 2.86. The summed E-state index contributed by atoms with van der Waals surface area (Å²) in [5, 5.41) is 0. The molecule has 0 unspecified atom stereocenters. The molecule has 0 amide bonds. The van der Waals surface area contributed by atoms with Crippen LogP contribution < -0.4 is 0 Å². The molecule has 1 saturated heterocycles. The number of ether oxygens (including phenoxy) is 2. The Hall–Kier alpha value is -1.16. The molecule has 116 valence electrons. The van der Waals surface area contributed by atoms with Crippen LogP contribution in [0.4, 0.5) is 0 Å². The standard InChI is InChI=1S/C17H24O4/c1-9(2)5-12(19)8-17-13-7-14(17)15(6-10(13)3)21-16(17)20-11(4)18/h6,9,13-16H,5,7-8H2,1-4H3/t13-,14+,15-,16+,17+/m1/s1. The van der Waals surface area contributed by atoms with E-state index in [9.17, 15) is 9.59 Å². The monoisotopic (exact) mass is 292 g/mol. The molecule has 5 atom stereocenters. The van der Waals surface area contributed by atoms with Gasteiger partial charge in [0.25, 0.3) is 0 Å². The number of rotatable bonds is 5. The summed E-state index contributed by atoms with van der Waals surface area (Å²) in [5.74, 6) is 0.931. The van der Waals surface area contributed by atoms with Crippen molar-refractivity contribution in [3.63, 3.8) is 0 Å². The first-order valence-corrected chi connectivity index (χ1v) is 7.87. The average Bonchev–Trinajstić information content (AvgIpc) is 2.45. The molecule has 1 heterocycles. The fourth-order valence-corrected chi connectivity index (χ4v) is 4.57. The Morgan fingerprint density at radius 3 is 2.76 bits per heavy atom. The molecule has 3 aliphatic carbocycles. The maximum Gasteiger partial charge on any atom is 0.304 e. The average molecular weight is 292 g/mol. The highest BCUT2D eigenvalue weighted by Crippen LogP contribution is 2.68. The van der Waals surface area contributed by atoms with E-state index in [4.69, 9.17) is 9.47 Å². The van der Waals surface area contributed by atoms with Gasteiger partial charge in [-0.05, 0) is 25.2 Å². The molecule has 4 heteroatoms. The van der Waals surface area contributed by atoms with Crippen LogP contribution in [-0.4, -0.2) is 24.1 Å². The third-order valence-electron chi connectivity index (χ3n) is 5.33. The number of esters is 1. The van der Waals surface area contributed by atoms with Crippen LogP contribution in [0.25, 0.3) is 0 Å². The Bertz CT molecular complexity index is 507. The van der Waals surface area contributed by atoms with Crippen molar-refractivity contribution >= 4 is 11.8 Å². The number of carbonyl (C=O) groups is 2. The van der Waals surface area contributed by atoms with E-state index in [2.05, 4.69) is 26.8 Å². The third kappa shape index (κ3) is 2.15. The van der Waals surface area contributed by atoms with Gasteiger partial charge in [-0.2, -0.15) is 0 Å². The number of ketones is 1. The maximum atomic E-state index is 12.4. The van der Waals surface area contributed by atoms with Crippen LogP contribution in [0.15, 0.2) is 11.6 Å². The van der Waals surface area contributed by atoms with E-state index in [1.807, 2.05) is 0 Å². The van der Waals surface area contributed by atoms with Gasteiger partial charge in [-0.1, -0.05) is 25.5 Å². The number of allylic oxidation sites excluding steroid dienone is 1. The van der Waals surface area contributed by atoms with Gasteiger partial charge in [0, 0.05) is 25.7 Å². The van der Waals surface area contributed by atoms with Gasteiger partial charge in [0.2, 0.25) is 6.29 Å². The van der Waals surface area contributed by atoms with Crippen LogP contribution in [-0.2, 0) is 19.1 Å². The summed E-state index contributed by atoms with van der Waals surface area (Å²) in [6, 6.07) is 0. The minimum atomic E-state index is -0.562. The van der Waals surface area contributed by atoms with Crippen LogP contribution in [0.1, 0.15) is 47.0 Å². The lowest BCUT2D eigenvalue weighted by molar-refractivity contribution is -0.202. The summed E-state index contributed by atoms with van der Waals surface area (Å²) < 4.78 is 11.4. The van der Waals surface area contributed by atoms with Crippen molar-refractivity contribution in [3.8, 4) is 0 Å². The number of hydrogen-bond donors (Lipinski definition) is 0. The van der Waals surface area contributed by atoms with Gasteiger partial charge in [-0.15, -0.1) is 0 Å². The summed E-state index contributed by atoms with van der Waals surface area (Å²) in [6.07, 6.45) is 3.70. The van der Waals surface area contributed by atoms with Crippen LogP contribution >= 0.6 is 0 Å². The summed E-state index contributed by atoms with van der Waals surface area (Å²) in [5.41, 5.74) is 0.982. The minimum Gasteiger partial charge on any atom is -0.435 e.